The highest BCUT2D eigenvalue weighted by Gasteiger charge is 2.38. The van der Waals surface area contributed by atoms with Crippen LogP contribution in [0.3, 0.4) is 0 Å². The molecule has 0 atom stereocenters. The first-order valence-corrected chi connectivity index (χ1v) is 24.6. The number of furan rings is 2. The van der Waals surface area contributed by atoms with Gasteiger partial charge in [-0.05, 0) is 133 Å². The van der Waals surface area contributed by atoms with Crippen molar-refractivity contribution in [1.29, 1.82) is 0 Å². The van der Waals surface area contributed by atoms with E-state index < -0.39 is 0 Å². The third-order valence-corrected chi connectivity index (χ3v) is 16.8. The van der Waals surface area contributed by atoms with Gasteiger partial charge in [0.05, 0.1) is 11.2 Å². The molecule has 11 aromatic rings. The minimum Gasteiger partial charge on any atom is -0.456 e. The van der Waals surface area contributed by atoms with Crippen molar-refractivity contribution in [3.8, 4) is 16.8 Å². The Balaban J connectivity index is 1.10. The van der Waals surface area contributed by atoms with Gasteiger partial charge in [-0.2, -0.15) is 0 Å². The molecule has 2 aliphatic rings. The second-order valence-electron chi connectivity index (χ2n) is 22.9. The summed E-state index contributed by atoms with van der Waals surface area (Å²) in [4.78, 5) is 0. The third-order valence-electron chi connectivity index (χ3n) is 15.6. The van der Waals surface area contributed by atoms with Crippen molar-refractivity contribution in [2.75, 3.05) is 5.32 Å². The number of aromatic nitrogens is 1. The van der Waals surface area contributed by atoms with Gasteiger partial charge in [0.25, 0.3) is 0 Å². The van der Waals surface area contributed by atoms with Crippen molar-refractivity contribution in [2.24, 2.45) is 0 Å². The molecule has 0 bridgehead atoms. The Morgan fingerprint density at radius 2 is 1.21 bits per heavy atom. The Kier molecular flexibility index (Phi) is 8.03. The van der Waals surface area contributed by atoms with E-state index in [1.54, 1.807) is 0 Å². The quantitative estimate of drug-likeness (QED) is 0.180. The van der Waals surface area contributed by atoms with Crippen LogP contribution < -0.4 is 15.6 Å². The van der Waals surface area contributed by atoms with E-state index in [2.05, 4.69) is 194 Å². The number of thiophene rings is 1. The van der Waals surface area contributed by atoms with Crippen molar-refractivity contribution in [2.45, 2.75) is 104 Å². The van der Waals surface area contributed by atoms with E-state index in [1.165, 1.54) is 87.4 Å². The van der Waals surface area contributed by atoms with Gasteiger partial charge in [-0.15, -0.1) is 11.3 Å². The molecule has 66 heavy (non-hydrogen) atoms. The van der Waals surface area contributed by atoms with Crippen LogP contribution in [0.25, 0.3) is 92.6 Å². The van der Waals surface area contributed by atoms with E-state index in [9.17, 15) is 0 Å². The zero-order valence-corrected chi connectivity index (χ0v) is 40.6. The molecule has 13 rings (SSSR count). The number of fused-ring (bicyclic) bond motifs is 14. The number of nitrogens with zero attached hydrogens (tertiary/aromatic N) is 1. The lowest BCUT2D eigenvalue weighted by Gasteiger charge is -2.41. The predicted octanol–water partition coefficient (Wildman–Crippen LogP) is 15.9. The van der Waals surface area contributed by atoms with Crippen molar-refractivity contribution < 1.29 is 8.83 Å². The summed E-state index contributed by atoms with van der Waals surface area (Å²) >= 11 is 1.94. The van der Waals surface area contributed by atoms with Gasteiger partial charge < -0.3 is 18.7 Å². The SMILES string of the molecule is CC(C)(C)c1ccc(Nc2cc3c(cc2-c2ccc4c5cc6c(cc5n5c4c2Bc2sc4ccc(C(C)(C)C)cc4c2-5)oc2ccccc26)oc2cc4c(cc23)C(C)(C)CCC4(C)C)cc1. The molecule has 7 aromatic carbocycles. The zero-order valence-electron chi connectivity index (χ0n) is 39.8. The lowest BCUT2D eigenvalue weighted by Crippen LogP contribution is -2.35. The van der Waals surface area contributed by atoms with Crippen LogP contribution in [0.4, 0.5) is 11.4 Å². The Morgan fingerprint density at radius 1 is 0.561 bits per heavy atom. The number of anilines is 2. The zero-order chi connectivity index (χ0) is 45.4. The molecule has 4 aromatic heterocycles. The summed E-state index contributed by atoms with van der Waals surface area (Å²) in [6, 6.07) is 43.6. The summed E-state index contributed by atoms with van der Waals surface area (Å²) in [6.45, 7) is 23.4. The average molecular weight is 879 g/mol. The number of nitrogens with one attached hydrogen (secondary N) is 1. The predicted molar refractivity (Wildman–Crippen MR) is 285 cm³/mol. The van der Waals surface area contributed by atoms with Crippen LogP contribution in [0.5, 0.6) is 0 Å². The fourth-order valence-electron chi connectivity index (χ4n) is 11.6. The van der Waals surface area contributed by atoms with E-state index in [4.69, 9.17) is 8.83 Å². The van der Waals surface area contributed by atoms with Gasteiger partial charge in [0.2, 0.25) is 7.28 Å². The molecule has 6 heteroatoms. The van der Waals surface area contributed by atoms with E-state index >= 15 is 0 Å². The molecule has 5 heterocycles. The second-order valence-corrected chi connectivity index (χ2v) is 24.0. The number of hydrogen-bond donors (Lipinski definition) is 1. The highest BCUT2D eigenvalue weighted by Crippen LogP contribution is 2.50. The lowest BCUT2D eigenvalue weighted by atomic mass is 9.63. The number of benzene rings is 7. The first-order valence-electron chi connectivity index (χ1n) is 23.8. The van der Waals surface area contributed by atoms with Crippen LogP contribution in [-0.4, -0.2) is 11.8 Å². The van der Waals surface area contributed by atoms with Crippen LogP contribution in [0.1, 0.15) is 104 Å². The molecule has 1 aliphatic heterocycles. The van der Waals surface area contributed by atoms with E-state index in [-0.39, 0.29) is 21.7 Å². The van der Waals surface area contributed by atoms with E-state index in [0.29, 0.717) is 0 Å². The Hall–Kier alpha value is -6.24. The minimum atomic E-state index is 0.0226. The first-order chi connectivity index (χ1) is 31.4. The molecule has 4 nitrogen and oxygen atoms in total. The summed E-state index contributed by atoms with van der Waals surface area (Å²) in [5.41, 5.74) is 19.1. The average Bonchev–Trinajstić information content (AvgIpc) is 4.02. The maximum Gasteiger partial charge on any atom is 0.211 e. The molecule has 0 spiro atoms. The smallest absolute Gasteiger partial charge is 0.211 e. The standard InChI is InChI=1S/C60H55BN2O2S/c1-57(2,3)32-15-18-34(19-16-32)62-46-28-42-41-27-44-45(60(9,10)24-23-59(44,7)8)30-50(41)65-49(42)29-38(46)36-20-21-37-39-26-40-35-13-11-12-14-48(35)64-51(40)31-47(39)63-54(37)53(36)61-56-55(63)43-25-33(58(4,5)6)17-22-52(43)66-56/h11-22,25-31,61-62H,23-24H2,1-10H3. The van der Waals surface area contributed by atoms with Gasteiger partial charge in [0.15, 0.2) is 0 Å². The fraction of sp³-hybridized carbons (Fsp3) is 0.267. The van der Waals surface area contributed by atoms with Gasteiger partial charge in [0.1, 0.15) is 22.3 Å². The van der Waals surface area contributed by atoms with Gasteiger partial charge in [-0.3, -0.25) is 0 Å². The molecule has 0 radical (unpaired) electrons. The highest BCUT2D eigenvalue weighted by molar-refractivity contribution is 7.29. The Bertz CT molecular complexity index is 3890. The third kappa shape index (κ3) is 5.76. The second kappa shape index (κ2) is 13.2. The van der Waals surface area contributed by atoms with Crippen molar-refractivity contribution >= 4 is 116 Å². The van der Waals surface area contributed by atoms with Crippen molar-refractivity contribution in [3.63, 3.8) is 0 Å². The molecule has 0 saturated carbocycles. The van der Waals surface area contributed by atoms with Crippen LogP contribution in [-0.2, 0) is 21.7 Å². The van der Waals surface area contributed by atoms with E-state index in [0.717, 1.165) is 69.1 Å². The summed E-state index contributed by atoms with van der Waals surface area (Å²) in [6.07, 6.45) is 2.33. The normalized spacial score (nSPS) is 15.7. The lowest BCUT2D eigenvalue weighted by molar-refractivity contribution is 0.332. The van der Waals surface area contributed by atoms with E-state index in [1.807, 2.05) is 11.3 Å². The maximum absolute atomic E-state index is 7.01. The van der Waals surface area contributed by atoms with Gasteiger partial charge in [-0.25, -0.2) is 0 Å². The molecule has 0 unspecified atom stereocenters. The summed E-state index contributed by atoms with van der Waals surface area (Å²) in [7, 11) is 0.830. The molecule has 1 N–H and O–H groups in total. The molecular weight excluding hydrogens is 824 g/mol. The van der Waals surface area contributed by atoms with Gasteiger partial charge in [0, 0.05) is 70.9 Å². The van der Waals surface area contributed by atoms with Gasteiger partial charge in [-0.1, -0.05) is 118 Å². The summed E-state index contributed by atoms with van der Waals surface area (Å²) in [5.74, 6) is 0. The number of para-hydroxylation sites is 1. The molecule has 0 amide bonds. The monoisotopic (exact) mass is 878 g/mol. The van der Waals surface area contributed by atoms with Crippen LogP contribution in [0, 0.1) is 0 Å². The van der Waals surface area contributed by atoms with Crippen molar-refractivity contribution in [1.82, 2.24) is 4.57 Å². The molecular formula is C60H55BN2O2S. The molecule has 0 fully saturated rings. The Labute approximate surface area is 390 Å². The summed E-state index contributed by atoms with van der Waals surface area (Å²) < 4.78 is 18.9. The highest BCUT2D eigenvalue weighted by atomic mass is 32.1. The largest absolute Gasteiger partial charge is 0.456 e. The molecule has 326 valence electrons. The van der Waals surface area contributed by atoms with Crippen LogP contribution >= 0.6 is 11.3 Å². The number of rotatable bonds is 3. The van der Waals surface area contributed by atoms with Crippen molar-refractivity contribution in [3.05, 3.63) is 138 Å². The summed E-state index contributed by atoms with van der Waals surface area (Å²) in [5, 5.41) is 12.4. The van der Waals surface area contributed by atoms with Crippen LogP contribution in [0.2, 0.25) is 0 Å². The topological polar surface area (TPSA) is 43.2 Å². The van der Waals surface area contributed by atoms with Crippen LogP contribution in [0.15, 0.2) is 124 Å². The minimum absolute atomic E-state index is 0.0226. The maximum atomic E-state index is 7.01. The molecule has 0 saturated heterocycles. The first kappa shape index (κ1) is 40.1. The number of hydrogen-bond acceptors (Lipinski definition) is 4. The van der Waals surface area contributed by atoms with Gasteiger partial charge >= 0.3 is 0 Å². The fourth-order valence-corrected chi connectivity index (χ4v) is 12.8. The molecule has 1 aliphatic carbocycles. The Morgan fingerprint density at radius 3 is 1.97 bits per heavy atom.